The molecule has 2 aromatic rings. The van der Waals surface area contributed by atoms with Crippen molar-refractivity contribution in [2.24, 2.45) is 0 Å². The predicted octanol–water partition coefficient (Wildman–Crippen LogP) is 2.04. The molecule has 122 valence electrons. The number of rotatable bonds is 8. The van der Waals surface area contributed by atoms with Crippen LogP contribution in [0.15, 0.2) is 30.5 Å². The molecule has 0 atom stereocenters. The van der Waals surface area contributed by atoms with Gasteiger partial charge in [0.25, 0.3) is 0 Å². The summed E-state index contributed by atoms with van der Waals surface area (Å²) in [5.41, 5.74) is 2.86. The highest BCUT2D eigenvalue weighted by Crippen LogP contribution is 2.04. The molecule has 0 saturated heterocycles. The molecule has 0 aromatic carbocycles. The Bertz CT molecular complexity index is 610. The second-order valence-electron chi connectivity index (χ2n) is 5.43. The van der Waals surface area contributed by atoms with Crippen LogP contribution in [0.5, 0.6) is 0 Å². The number of carbonyl (C=O) groups is 1. The molecule has 0 saturated carbocycles. The van der Waals surface area contributed by atoms with Crippen molar-refractivity contribution in [1.82, 2.24) is 20.3 Å². The normalized spacial score (nSPS) is 10.3. The van der Waals surface area contributed by atoms with Crippen molar-refractivity contribution in [3.05, 3.63) is 47.5 Å². The molecule has 2 rings (SSSR count). The average molecular weight is 313 g/mol. The third-order valence-corrected chi connectivity index (χ3v) is 3.28. The van der Waals surface area contributed by atoms with Gasteiger partial charge in [0.2, 0.25) is 11.9 Å². The van der Waals surface area contributed by atoms with Crippen LogP contribution in [-0.4, -0.2) is 33.9 Å². The molecule has 2 aromatic heterocycles. The van der Waals surface area contributed by atoms with E-state index in [1.165, 1.54) is 0 Å². The van der Waals surface area contributed by atoms with E-state index in [-0.39, 0.29) is 5.91 Å². The van der Waals surface area contributed by atoms with Crippen molar-refractivity contribution in [1.29, 1.82) is 0 Å². The number of hydrogen-bond acceptors (Lipinski definition) is 5. The number of pyridine rings is 1. The number of hydrogen-bond donors (Lipinski definition) is 2. The molecule has 0 radical (unpaired) electrons. The first-order valence-electron chi connectivity index (χ1n) is 7.86. The van der Waals surface area contributed by atoms with E-state index in [4.69, 9.17) is 0 Å². The lowest BCUT2D eigenvalue weighted by atomic mass is 10.2. The van der Waals surface area contributed by atoms with Crippen molar-refractivity contribution in [2.75, 3.05) is 18.4 Å². The van der Waals surface area contributed by atoms with Crippen LogP contribution in [0.3, 0.4) is 0 Å². The summed E-state index contributed by atoms with van der Waals surface area (Å²) in [5.74, 6) is 0.683. The first-order chi connectivity index (χ1) is 11.1. The Morgan fingerprint density at radius 2 is 1.91 bits per heavy atom. The van der Waals surface area contributed by atoms with Crippen molar-refractivity contribution in [3.8, 4) is 0 Å². The lowest BCUT2D eigenvalue weighted by molar-refractivity contribution is -0.121. The Kier molecular flexibility index (Phi) is 6.47. The van der Waals surface area contributed by atoms with Gasteiger partial charge in [0.05, 0.1) is 0 Å². The molecule has 2 heterocycles. The van der Waals surface area contributed by atoms with Crippen LogP contribution < -0.4 is 10.6 Å². The summed E-state index contributed by atoms with van der Waals surface area (Å²) >= 11 is 0. The Hall–Kier alpha value is -2.50. The fraction of sp³-hybridized carbons (Fsp3) is 0.412. The summed E-state index contributed by atoms with van der Waals surface area (Å²) in [4.78, 5) is 24.6. The smallest absolute Gasteiger partial charge is 0.223 e. The van der Waals surface area contributed by atoms with E-state index in [2.05, 4.69) is 25.6 Å². The van der Waals surface area contributed by atoms with E-state index >= 15 is 0 Å². The predicted molar refractivity (Wildman–Crippen MR) is 90.2 cm³/mol. The Balaban J connectivity index is 1.59. The summed E-state index contributed by atoms with van der Waals surface area (Å²) in [6, 6.07) is 7.72. The standard InChI is InChI=1S/C17H23N5O/c1-13-12-14(2)22-17(21-13)20-10-5-7-16(23)19-11-8-15-6-3-4-9-18-15/h3-4,6,9,12H,5,7-8,10-11H2,1-2H3,(H,19,23)(H,20,21,22). The van der Waals surface area contributed by atoms with Gasteiger partial charge in [-0.15, -0.1) is 0 Å². The molecular weight excluding hydrogens is 290 g/mol. The van der Waals surface area contributed by atoms with Crippen LogP contribution in [0.2, 0.25) is 0 Å². The number of aryl methyl sites for hydroxylation is 2. The molecule has 0 aliphatic heterocycles. The van der Waals surface area contributed by atoms with Crippen molar-refractivity contribution < 1.29 is 4.79 Å². The molecule has 0 bridgehead atoms. The Morgan fingerprint density at radius 1 is 1.13 bits per heavy atom. The summed E-state index contributed by atoms with van der Waals surface area (Å²) in [6.07, 6.45) is 3.74. The zero-order valence-corrected chi connectivity index (χ0v) is 13.7. The number of aromatic nitrogens is 3. The minimum Gasteiger partial charge on any atom is -0.356 e. The van der Waals surface area contributed by atoms with E-state index in [0.717, 1.165) is 29.9 Å². The van der Waals surface area contributed by atoms with Gasteiger partial charge in [-0.1, -0.05) is 6.07 Å². The molecule has 0 unspecified atom stereocenters. The summed E-state index contributed by atoms with van der Waals surface area (Å²) in [7, 11) is 0. The van der Waals surface area contributed by atoms with Gasteiger partial charge in [-0.25, -0.2) is 9.97 Å². The van der Waals surface area contributed by atoms with Gasteiger partial charge in [0.15, 0.2) is 0 Å². The zero-order chi connectivity index (χ0) is 16.5. The maximum atomic E-state index is 11.8. The van der Waals surface area contributed by atoms with Crippen LogP contribution in [-0.2, 0) is 11.2 Å². The maximum Gasteiger partial charge on any atom is 0.223 e. The largest absolute Gasteiger partial charge is 0.356 e. The Labute approximate surface area is 136 Å². The van der Waals surface area contributed by atoms with Crippen LogP contribution in [0.25, 0.3) is 0 Å². The number of carbonyl (C=O) groups excluding carboxylic acids is 1. The molecule has 6 nitrogen and oxygen atoms in total. The third kappa shape index (κ3) is 6.42. The molecule has 0 aliphatic carbocycles. The topological polar surface area (TPSA) is 79.8 Å². The number of amides is 1. The summed E-state index contributed by atoms with van der Waals surface area (Å²) in [5, 5.41) is 6.06. The molecule has 0 aliphatic rings. The highest BCUT2D eigenvalue weighted by molar-refractivity contribution is 5.75. The molecular formula is C17H23N5O. The van der Waals surface area contributed by atoms with Gasteiger partial charge in [0.1, 0.15) is 0 Å². The second-order valence-corrected chi connectivity index (χ2v) is 5.43. The van der Waals surface area contributed by atoms with E-state index in [1.807, 2.05) is 38.1 Å². The van der Waals surface area contributed by atoms with Crippen molar-refractivity contribution in [3.63, 3.8) is 0 Å². The molecule has 23 heavy (non-hydrogen) atoms. The van der Waals surface area contributed by atoms with Crippen molar-refractivity contribution in [2.45, 2.75) is 33.1 Å². The average Bonchev–Trinajstić information content (AvgIpc) is 2.52. The quantitative estimate of drug-likeness (QED) is 0.729. The summed E-state index contributed by atoms with van der Waals surface area (Å²) < 4.78 is 0. The minimum absolute atomic E-state index is 0.0593. The third-order valence-electron chi connectivity index (χ3n) is 3.28. The van der Waals surface area contributed by atoms with Gasteiger partial charge in [0, 0.05) is 49.2 Å². The molecule has 6 heteroatoms. The van der Waals surface area contributed by atoms with Crippen molar-refractivity contribution >= 4 is 11.9 Å². The van der Waals surface area contributed by atoms with E-state index in [1.54, 1.807) is 6.20 Å². The minimum atomic E-state index is 0.0593. The van der Waals surface area contributed by atoms with Gasteiger partial charge in [-0.05, 0) is 38.5 Å². The lowest BCUT2D eigenvalue weighted by Gasteiger charge is -2.07. The maximum absolute atomic E-state index is 11.8. The van der Waals surface area contributed by atoms with Crippen LogP contribution >= 0.6 is 0 Å². The highest BCUT2D eigenvalue weighted by atomic mass is 16.1. The SMILES string of the molecule is Cc1cc(C)nc(NCCCC(=O)NCCc2ccccn2)n1. The highest BCUT2D eigenvalue weighted by Gasteiger charge is 2.02. The second kappa shape index (κ2) is 8.82. The fourth-order valence-corrected chi connectivity index (χ4v) is 2.22. The van der Waals surface area contributed by atoms with Gasteiger partial charge in [-0.2, -0.15) is 0 Å². The number of anilines is 1. The number of nitrogens with zero attached hydrogens (tertiary/aromatic N) is 3. The first-order valence-corrected chi connectivity index (χ1v) is 7.86. The lowest BCUT2D eigenvalue weighted by Crippen LogP contribution is -2.26. The van der Waals surface area contributed by atoms with Gasteiger partial charge >= 0.3 is 0 Å². The molecule has 0 fully saturated rings. The van der Waals surface area contributed by atoms with Crippen LogP contribution in [0.1, 0.15) is 29.9 Å². The van der Waals surface area contributed by atoms with E-state index in [0.29, 0.717) is 25.5 Å². The Morgan fingerprint density at radius 3 is 2.61 bits per heavy atom. The fourth-order valence-electron chi connectivity index (χ4n) is 2.22. The van der Waals surface area contributed by atoms with Gasteiger partial charge < -0.3 is 10.6 Å². The zero-order valence-electron chi connectivity index (χ0n) is 13.7. The first kappa shape index (κ1) is 16.9. The molecule has 1 amide bonds. The van der Waals surface area contributed by atoms with Crippen LogP contribution in [0, 0.1) is 13.8 Å². The molecule has 2 N–H and O–H groups in total. The van der Waals surface area contributed by atoms with E-state index in [9.17, 15) is 4.79 Å². The monoisotopic (exact) mass is 313 g/mol. The number of nitrogens with one attached hydrogen (secondary N) is 2. The van der Waals surface area contributed by atoms with E-state index < -0.39 is 0 Å². The van der Waals surface area contributed by atoms with Gasteiger partial charge in [-0.3, -0.25) is 9.78 Å². The van der Waals surface area contributed by atoms with Crippen LogP contribution in [0.4, 0.5) is 5.95 Å². The summed E-state index contributed by atoms with van der Waals surface area (Å²) in [6.45, 7) is 5.17. The molecule has 0 spiro atoms.